The second kappa shape index (κ2) is 7.22. The molecular formula is C18H18N2O2. The highest BCUT2D eigenvalue weighted by atomic mass is 16.2. The third-order valence-corrected chi connectivity index (χ3v) is 3.15. The van der Waals surface area contributed by atoms with Gasteiger partial charge in [0.05, 0.1) is 0 Å². The molecule has 22 heavy (non-hydrogen) atoms. The van der Waals surface area contributed by atoms with Crippen LogP contribution < -0.4 is 10.9 Å². The Kier molecular flexibility index (Phi) is 5.09. The number of aryl methyl sites for hydroxylation is 2. The summed E-state index contributed by atoms with van der Waals surface area (Å²) in [6.07, 6.45) is 2.79. The number of nitrogens with one attached hydrogen (secondary N) is 2. The number of benzene rings is 2. The predicted octanol–water partition coefficient (Wildman–Crippen LogP) is 2.93. The van der Waals surface area contributed by atoms with Crippen LogP contribution in [0.2, 0.25) is 0 Å². The van der Waals surface area contributed by atoms with E-state index in [1.54, 1.807) is 24.3 Å². The van der Waals surface area contributed by atoms with Crippen LogP contribution >= 0.6 is 0 Å². The summed E-state index contributed by atoms with van der Waals surface area (Å²) < 4.78 is 0. The predicted molar refractivity (Wildman–Crippen MR) is 86.4 cm³/mol. The van der Waals surface area contributed by atoms with E-state index in [0.29, 0.717) is 11.1 Å². The van der Waals surface area contributed by atoms with Crippen molar-refractivity contribution in [3.8, 4) is 0 Å². The molecule has 4 heteroatoms. The topological polar surface area (TPSA) is 58.2 Å². The fourth-order valence-corrected chi connectivity index (χ4v) is 1.82. The minimum absolute atomic E-state index is 0.128. The molecule has 2 aromatic carbocycles. The lowest BCUT2D eigenvalue weighted by molar-refractivity contribution is 0.0939. The Hall–Kier alpha value is -2.88. The van der Waals surface area contributed by atoms with Gasteiger partial charge in [0.15, 0.2) is 5.78 Å². The van der Waals surface area contributed by atoms with E-state index in [1.165, 1.54) is 12.3 Å². The number of hydrogen-bond donors (Lipinski definition) is 2. The van der Waals surface area contributed by atoms with E-state index in [9.17, 15) is 9.59 Å². The van der Waals surface area contributed by atoms with Crippen LogP contribution in [0, 0.1) is 13.8 Å². The molecule has 0 saturated carbocycles. The maximum absolute atomic E-state index is 11.9. The van der Waals surface area contributed by atoms with Crippen molar-refractivity contribution in [3.05, 3.63) is 83.1 Å². The number of hydrogen-bond acceptors (Lipinski definition) is 3. The van der Waals surface area contributed by atoms with Crippen LogP contribution in [0.1, 0.15) is 31.8 Å². The minimum Gasteiger partial charge on any atom is -0.305 e. The highest BCUT2D eigenvalue weighted by Crippen LogP contribution is 2.04. The zero-order chi connectivity index (χ0) is 15.9. The number of carbonyl (C=O) groups excluding carboxylic acids is 2. The largest absolute Gasteiger partial charge is 0.305 e. The van der Waals surface area contributed by atoms with Gasteiger partial charge in [-0.3, -0.25) is 15.0 Å². The molecular weight excluding hydrogens is 276 g/mol. The van der Waals surface area contributed by atoms with Crippen LogP contribution in [0.5, 0.6) is 0 Å². The monoisotopic (exact) mass is 294 g/mol. The van der Waals surface area contributed by atoms with Crippen LogP contribution in [0.4, 0.5) is 0 Å². The van der Waals surface area contributed by atoms with Crippen LogP contribution in [-0.4, -0.2) is 11.7 Å². The molecule has 0 aromatic heterocycles. The van der Waals surface area contributed by atoms with Crippen LogP contribution in [-0.2, 0) is 0 Å². The molecule has 0 aliphatic heterocycles. The lowest BCUT2D eigenvalue weighted by atomic mass is 10.1. The zero-order valence-electron chi connectivity index (χ0n) is 12.6. The van der Waals surface area contributed by atoms with Crippen molar-refractivity contribution >= 4 is 11.7 Å². The van der Waals surface area contributed by atoms with Crippen molar-refractivity contribution in [1.29, 1.82) is 0 Å². The van der Waals surface area contributed by atoms with Crippen molar-refractivity contribution in [3.63, 3.8) is 0 Å². The van der Waals surface area contributed by atoms with E-state index >= 15 is 0 Å². The highest BCUT2D eigenvalue weighted by Gasteiger charge is 2.03. The third kappa shape index (κ3) is 4.31. The summed E-state index contributed by atoms with van der Waals surface area (Å²) in [6.45, 7) is 3.92. The Morgan fingerprint density at radius 1 is 0.818 bits per heavy atom. The number of carbonyl (C=O) groups is 2. The number of amides is 1. The molecule has 2 rings (SSSR count). The maximum atomic E-state index is 11.9. The molecule has 0 aliphatic rings. The SMILES string of the molecule is Cc1ccc(C(=O)C=CNNC(=O)c2ccc(C)cc2)cc1. The van der Waals surface area contributed by atoms with Gasteiger partial charge in [-0.2, -0.15) is 0 Å². The molecule has 0 spiro atoms. The molecule has 112 valence electrons. The fraction of sp³-hybridized carbons (Fsp3) is 0.111. The average Bonchev–Trinajstić information content (AvgIpc) is 2.52. The quantitative estimate of drug-likeness (QED) is 0.506. The summed E-state index contributed by atoms with van der Waals surface area (Å²) in [5.74, 6) is -0.385. The van der Waals surface area contributed by atoms with Gasteiger partial charge < -0.3 is 5.43 Å². The van der Waals surface area contributed by atoms with Crippen LogP contribution in [0.15, 0.2) is 60.8 Å². The van der Waals surface area contributed by atoms with E-state index in [-0.39, 0.29) is 11.7 Å². The van der Waals surface area contributed by atoms with Gasteiger partial charge in [0.2, 0.25) is 0 Å². The highest BCUT2D eigenvalue weighted by molar-refractivity contribution is 6.04. The standard InChI is InChI=1S/C18H18N2O2/c1-13-3-7-15(8-4-13)17(21)11-12-19-20-18(22)16-9-5-14(2)6-10-16/h3-12,19H,1-2H3,(H,20,22). The zero-order valence-corrected chi connectivity index (χ0v) is 12.6. The molecule has 0 fully saturated rings. The lowest BCUT2D eigenvalue weighted by Crippen LogP contribution is -2.33. The number of ketones is 1. The van der Waals surface area contributed by atoms with Gasteiger partial charge in [-0.25, -0.2) is 0 Å². The fourth-order valence-electron chi connectivity index (χ4n) is 1.82. The smallest absolute Gasteiger partial charge is 0.269 e. The maximum Gasteiger partial charge on any atom is 0.269 e. The molecule has 2 aromatic rings. The summed E-state index contributed by atoms with van der Waals surface area (Å²) in [5, 5.41) is 0. The van der Waals surface area contributed by atoms with Gasteiger partial charge in [-0.05, 0) is 26.0 Å². The Morgan fingerprint density at radius 3 is 1.86 bits per heavy atom. The van der Waals surface area contributed by atoms with Crippen molar-refractivity contribution in [2.24, 2.45) is 0 Å². The Labute approximate surface area is 129 Å². The molecule has 0 heterocycles. The van der Waals surface area contributed by atoms with Gasteiger partial charge in [0.1, 0.15) is 0 Å². The van der Waals surface area contributed by atoms with Gasteiger partial charge in [-0.1, -0.05) is 47.5 Å². The molecule has 0 bridgehead atoms. The van der Waals surface area contributed by atoms with Gasteiger partial charge in [-0.15, -0.1) is 0 Å². The lowest BCUT2D eigenvalue weighted by Gasteiger charge is -2.04. The minimum atomic E-state index is -0.257. The first-order chi connectivity index (χ1) is 10.6. The molecule has 0 atom stereocenters. The van der Waals surface area contributed by atoms with Crippen molar-refractivity contribution in [2.45, 2.75) is 13.8 Å². The Balaban J connectivity index is 1.85. The summed E-state index contributed by atoms with van der Waals surface area (Å²) in [6, 6.07) is 14.5. The van der Waals surface area contributed by atoms with Gasteiger partial charge in [0, 0.05) is 23.4 Å². The van der Waals surface area contributed by atoms with Crippen molar-refractivity contribution < 1.29 is 9.59 Å². The number of allylic oxidation sites excluding steroid dienone is 1. The Bertz CT molecular complexity index is 686. The third-order valence-electron chi connectivity index (χ3n) is 3.15. The van der Waals surface area contributed by atoms with Crippen LogP contribution in [0.3, 0.4) is 0 Å². The number of hydrazine groups is 1. The summed E-state index contributed by atoms with van der Waals surface area (Å²) in [4.78, 5) is 23.7. The summed E-state index contributed by atoms with van der Waals surface area (Å²) in [5.41, 5.74) is 8.46. The molecule has 2 N–H and O–H groups in total. The molecule has 1 amide bonds. The van der Waals surface area contributed by atoms with Crippen molar-refractivity contribution in [1.82, 2.24) is 10.9 Å². The van der Waals surface area contributed by atoms with Gasteiger partial charge >= 0.3 is 0 Å². The van der Waals surface area contributed by atoms with E-state index in [1.807, 2.05) is 38.1 Å². The van der Waals surface area contributed by atoms with E-state index in [0.717, 1.165) is 11.1 Å². The summed E-state index contributed by atoms with van der Waals surface area (Å²) >= 11 is 0. The molecule has 0 unspecified atom stereocenters. The van der Waals surface area contributed by atoms with E-state index in [4.69, 9.17) is 0 Å². The molecule has 4 nitrogen and oxygen atoms in total. The van der Waals surface area contributed by atoms with E-state index < -0.39 is 0 Å². The summed E-state index contributed by atoms with van der Waals surface area (Å²) in [7, 11) is 0. The van der Waals surface area contributed by atoms with Gasteiger partial charge in [0.25, 0.3) is 5.91 Å². The molecule has 0 aliphatic carbocycles. The first-order valence-corrected chi connectivity index (χ1v) is 6.96. The van der Waals surface area contributed by atoms with Crippen molar-refractivity contribution in [2.75, 3.05) is 0 Å². The first kappa shape index (κ1) is 15.5. The molecule has 0 radical (unpaired) electrons. The number of rotatable bonds is 5. The second-order valence-corrected chi connectivity index (χ2v) is 5.03. The average molecular weight is 294 g/mol. The Morgan fingerprint density at radius 2 is 1.32 bits per heavy atom. The molecule has 0 saturated heterocycles. The first-order valence-electron chi connectivity index (χ1n) is 6.96. The second-order valence-electron chi connectivity index (χ2n) is 5.03. The van der Waals surface area contributed by atoms with E-state index in [2.05, 4.69) is 10.9 Å². The normalized spacial score (nSPS) is 10.5. The van der Waals surface area contributed by atoms with Crippen LogP contribution in [0.25, 0.3) is 0 Å².